The molecule has 0 amide bonds. The number of ether oxygens (including phenoxy) is 1. The maximum absolute atomic E-state index is 12.4. The first kappa shape index (κ1) is 17.8. The van der Waals surface area contributed by atoms with Crippen LogP contribution in [0.3, 0.4) is 0 Å². The summed E-state index contributed by atoms with van der Waals surface area (Å²) in [5, 5.41) is 4.07. The van der Waals surface area contributed by atoms with Crippen LogP contribution in [0.25, 0.3) is 0 Å². The standard InChI is InChI=1S/C16H18BrCl2NO2/c1-20-16(7-3-2-4-8-16)14(10-17)22-15(21)11-5-6-12(18)13(19)9-11/h5-6,9-10,20H,2-4,7-8H2,1H3/b14-10-. The number of esters is 1. The Bertz CT molecular complexity index is 584. The summed E-state index contributed by atoms with van der Waals surface area (Å²) in [6, 6.07) is 4.72. The molecule has 0 spiro atoms. The van der Waals surface area contributed by atoms with Crippen LogP contribution in [0.2, 0.25) is 10.0 Å². The van der Waals surface area contributed by atoms with Gasteiger partial charge in [-0.2, -0.15) is 0 Å². The molecule has 0 aromatic heterocycles. The van der Waals surface area contributed by atoms with Gasteiger partial charge in [-0.3, -0.25) is 0 Å². The lowest BCUT2D eigenvalue weighted by molar-refractivity contribution is 0.0535. The number of hydrogen-bond acceptors (Lipinski definition) is 3. The first-order valence-electron chi connectivity index (χ1n) is 7.19. The molecule has 1 aromatic rings. The average molecular weight is 407 g/mol. The van der Waals surface area contributed by atoms with Gasteiger partial charge in [0.05, 0.1) is 21.1 Å². The number of benzene rings is 1. The predicted molar refractivity (Wildman–Crippen MR) is 93.8 cm³/mol. The van der Waals surface area contributed by atoms with Gasteiger partial charge in [0, 0.05) is 4.99 Å². The number of rotatable bonds is 4. The van der Waals surface area contributed by atoms with Crippen LogP contribution in [0.15, 0.2) is 28.9 Å². The van der Waals surface area contributed by atoms with Gasteiger partial charge in [0.1, 0.15) is 5.76 Å². The molecular weight excluding hydrogens is 389 g/mol. The second-order valence-electron chi connectivity index (χ2n) is 5.38. The first-order valence-corrected chi connectivity index (χ1v) is 8.86. The number of carbonyl (C=O) groups excluding carboxylic acids is 1. The zero-order valence-electron chi connectivity index (χ0n) is 12.3. The van der Waals surface area contributed by atoms with Crippen molar-refractivity contribution >= 4 is 45.1 Å². The summed E-state index contributed by atoms with van der Waals surface area (Å²) < 4.78 is 5.63. The van der Waals surface area contributed by atoms with Gasteiger partial charge in [0.15, 0.2) is 0 Å². The Morgan fingerprint density at radius 1 is 1.27 bits per heavy atom. The second kappa shape index (κ2) is 7.82. The molecule has 1 fully saturated rings. The van der Waals surface area contributed by atoms with E-state index in [-0.39, 0.29) is 5.54 Å². The van der Waals surface area contributed by atoms with Gasteiger partial charge in [-0.25, -0.2) is 4.79 Å². The number of hydrogen-bond donors (Lipinski definition) is 1. The first-order chi connectivity index (χ1) is 10.5. The van der Waals surface area contributed by atoms with E-state index in [0.29, 0.717) is 21.4 Å². The number of halogens is 3. The maximum Gasteiger partial charge on any atom is 0.343 e. The molecule has 1 aliphatic carbocycles. The third-order valence-corrected chi connectivity index (χ3v) is 5.27. The van der Waals surface area contributed by atoms with Crippen LogP contribution in [-0.4, -0.2) is 18.6 Å². The lowest BCUT2D eigenvalue weighted by atomic mass is 9.80. The minimum absolute atomic E-state index is 0.298. The fraction of sp³-hybridized carbons (Fsp3) is 0.438. The molecule has 1 aromatic carbocycles. The van der Waals surface area contributed by atoms with E-state index in [0.717, 1.165) is 25.7 Å². The molecule has 0 heterocycles. The van der Waals surface area contributed by atoms with Crippen molar-refractivity contribution in [3.63, 3.8) is 0 Å². The topological polar surface area (TPSA) is 38.3 Å². The highest BCUT2D eigenvalue weighted by atomic mass is 79.9. The Balaban J connectivity index is 2.18. The molecule has 1 saturated carbocycles. The van der Waals surface area contributed by atoms with Gasteiger partial charge >= 0.3 is 5.97 Å². The Morgan fingerprint density at radius 2 is 1.95 bits per heavy atom. The van der Waals surface area contributed by atoms with Crippen LogP contribution in [0.5, 0.6) is 0 Å². The van der Waals surface area contributed by atoms with Crippen molar-refractivity contribution in [1.29, 1.82) is 0 Å². The summed E-state index contributed by atoms with van der Waals surface area (Å²) in [5.74, 6) is 0.162. The fourth-order valence-electron chi connectivity index (χ4n) is 2.78. The molecule has 1 N–H and O–H groups in total. The number of likely N-dealkylation sites (N-methyl/N-ethyl adjacent to an activating group) is 1. The van der Waals surface area contributed by atoms with Crippen molar-refractivity contribution in [1.82, 2.24) is 5.32 Å². The zero-order valence-corrected chi connectivity index (χ0v) is 15.4. The lowest BCUT2D eigenvalue weighted by Crippen LogP contribution is -2.47. The number of carbonyl (C=O) groups is 1. The van der Waals surface area contributed by atoms with Crippen molar-refractivity contribution in [2.75, 3.05) is 7.05 Å². The summed E-state index contributed by atoms with van der Waals surface area (Å²) in [4.78, 5) is 14.0. The van der Waals surface area contributed by atoms with Crippen molar-refractivity contribution in [2.45, 2.75) is 37.6 Å². The van der Waals surface area contributed by atoms with E-state index < -0.39 is 5.97 Å². The minimum atomic E-state index is -0.440. The quantitative estimate of drug-likeness (QED) is 0.543. The molecule has 6 heteroatoms. The van der Waals surface area contributed by atoms with Gasteiger partial charge in [0.25, 0.3) is 0 Å². The summed E-state index contributed by atoms with van der Waals surface area (Å²) in [7, 11) is 1.90. The van der Waals surface area contributed by atoms with Gasteiger partial charge in [-0.05, 0) is 38.1 Å². The van der Waals surface area contributed by atoms with Crippen LogP contribution in [0.4, 0.5) is 0 Å². The molecule has 120 valence electrons. The highest BCUT2D eigenvalue weighted by molar-refractivity contribution is 9.11. The molecule has 3 nitrogen and oxygen atoms in total. The minimum Gasteiger partial charge on any atom is -0.425 e. The average Bonchev–Trinajstić information content (AvgIpc) is 2.55. The van der Waals surface area contributed by atoms with Crippen molar-refractivity contribution in [3.05, 3.63) is 44.6 Å². The third kappa shape index (κ3) is 3.85. The Kier molecular flexibility index (Phi) is 6.33. The van der Waals surface area contributed by atoms with Gasteiger partial charge in [-0.15, -0.1) is 0 Å². The maximum atomic E-state index is 12.4. The van der Waals surface area contributed by atoms with Gasteiger partial charge in [-0.1, -0.05) is 58.4 Å². The van der Waals surface area contributed by atoms with Crippen LogP contribution in [-0.2, 0) is 4.74 Å². The van der Waals surface area contributed by atoms with E-state index in [9.17, 15) is 4.79 Å². The molecule has 0 atom stereocenters. The molecule has 22 heavy (non-hydrogen) atoms. The molecule has 1 aliphatic rings. The van der Waals surface area contributed by atoms with Gasteiger partial charge in [0.2, 0.25) is 0 Å². The third-order valence-electron chi connectivity index (χ3n) is 4.11. The van der Waals surface area contributed by atoms with E-state index in [1.807, 2.05) is 7.05 Å². The molecule has 0 unspecified atom stereocenters. The summed E-state index contributed by atoms with van der Waals surface area (Å²) in [5.41, 5.74) is 0.0801. The van der Waals surface area contributed by atoms with Crippen molar-refractivity contribution in [3.8, 4) is 0 Å². The van der Waals surface area contributed by atoms with E-state index in [2.05, 4.69) is 21.2 Å². The van der Waals surface area contributed by atoms with Gasteiger partial charge < -0.3 is 10.1 Å². The molecule has 0 saturated heterocycles. The zero-order chi connectivity index (χ0) is 16.2. The lowest BCUT2D eigenvalue weighted by Gasteiger charge is -2.37. The van der Waals surface area contributed by atoms with E-state index in [1.54, 1.807) is 17.1 Å². The van der Waals surface area contributed by atoms with Crippen molar-refractivity contribution in [2.24, 2.45) is 0 Å². The smallest absolute Gasteiger partial charge is 0.343 e. The highest BCUT2D eigenvalue weighted by Crippen LogP contribution is 2.35. The molecule has 0 bridgehead atoms. The monoisotopic (exact) mass is 405 g/mol. The van der Waals surface area contributed by atoms with Crippen LogP contribution in [0.1, 0.15) is 42.5 Å². The Morgan fingerprint density at radius 3 is 2.50 bits per heavy atom. The summed E-state index contributed by atoms with van der Waals surface area (Å²) in [6.07, 6.45) is 5.30. The Hall–Kier alpha value is -0.550. The highest BCUT2D eigenvalue weighted by Gasteiger charge is 2.37. The Labute approximate surface area is 149 Å². The van der Waals surface area contributed by atoms with Crippen LogP contribution in [0, 0.1) is 0 Å². The van der Waals surface area contributed by atoms with Crippen LogP contribution < -0.4 is 5.32 Å². The number of nitrogens with one attached hydrogen (secondary N) is 1. The summed E-state index contributed by atoms with van der Waals surface area (Å²) >= 11 is 15.2. The molecule has 0 radical (unpaired) electrons. The van der Waals surface area contributed by atoms with E-state index in [4.69, 9.17) is 27.9 Å². The van der Waals surface area contributed by atoms with E-state index >= 15 is 0 Å². The molecular formula is C16H18BrCl2NO2. The van der Waals surface area contributed by atoms with Crippen LogP contribution >= 0.6 is 39.1 Å². The normalized spacial score (nSPS) is 18.1. The predicted octanol–water partition coefficient (Wildman–Crippen LogP) is 5.31. The summed E-state index contributed by atoms with van der Waals surface area (Å²) in [6.45, 7) is 0. The molecule has 2 rings (SSSR count). The largest absolute Gasteiger partial charge is 0.425 e. The SMILES string of the molecule is CNC1(/C(=C/Br)OC(=O)c2ccc(Cl)c(Cl)c2)CCCCC1. The van der Waals surface area contributed by atoms with E-state index in [1.165, 1.54) is 12.5 Å². The second-order valence-corrected chi connectivity index (χ2v) is 6.66. The van der Waals surface area contributed by atoms with Crippen molar-refractivity contribution < 1.29 is 9.53 Å². The molecule has 0 aliphatic heterocycles. The fourth-order valence-corrected chi connectivity index (χ4v) is 3.61.